The van der Waals surface area contributed by atoms with Crippen molar-refractivity contribution in [2.24, 2.45) is 17.3 Å². The van der Waals surface area contributed by atoms with Gasteiger partial charge in [-0.1, -0.05) is 70.0 Å². The molecule has 4 fully saturated rings. The molecule has 60 heavy (non-hydrogen) atoms. The number of hydrogen-bond donors (Lipinski definition) is 3. The van der Waals surface area contributed by atoms with Crippen LogP contribution in [0.25, 0.3) is 22.2 Å². The number of alkyl carbamates (subject to hydrolysis) is 1. The predicted octanol–water partition coefficient (Wildman–Crippen LogP) is 6.04. The Morgan fingerprint density at radius 3 is 2.30 bits per heavy atom. The maximum Gasteiger partial charge on any atom is 0.408 e. The van der Waals surface area contributed by atoms with Gasteiger partial charge >= 0.3 is 6.09 Å². The summed E-state index contributed by atoms with van der Waals surface area (Å²) in [6.07, 6.45) is 3.59. The summed E-state index contributed by atoms with van der Waals surface area (Å²) in [7, 11) is -2.46. The zero-order chi connectivity index (χ0) is 43.4. The molecular weight excluding hydrogens is 787 g/mol. The standard InChI is InChI=1S/C45H57N5O9S/c1-9-29-25-45(29,40(53)49-60(55,56)44(19-20-44)24-27-15-16-27)48-38(51)35-22-31(26-50(35)39(52)37(42(2,3)4)47-41(54)59-43(5,6)7)58-36-23-33(28-13-11-10-12-14-28)46-34-21-30(57-8)17-18-32(34)36/h9-14,17-18,21,23,27,29,31,35,37H,1,15-16,19-20,22,24-26H2,2-8H3,(H,47,54)(H,48,51)(H,49,53)/t29-,31+,35-,37+,45-/m0/s1. The fraction of sp³-hybridized carbons (Fsp3) is 0.533. The van der Waals surface area contributed by atoms with Gasteiger partial charge in [0.2, 0.25) is 21.8 Å². The van der Waals surface area contributed by atoms with Crippen molar-refractivity contribution in [1.82, 2.24) is 25.2 Å². The number of carbonyl (C=O) groups excluding carboxylic acids is 4. The third-order valence-corrected chi connectivity index (χ3v) is 14.1. The number of benzene rings is 2. The number of nitrogens with zero attached hydrogens (tertiary/aromatic N) is 2. The Hall–Kier alpha value is -5.18. The Bertz CT molecular complexity index is 2300. The van der Waals surface area contributed by atoms with Gasteiger partial charge in [-0.15, -0.1) is 6.58 Å². The van der Waals surface area contributed by atoms with Crippen molar-refractivity contribution in [3.8, 4) is 22.8 Å². The molecule has 0 radical (unpaired) electrons. The van der Waals surface area contributed by atoms with Gasteiger partial charge < -0.3 is 29.7 Å². The molecule has 3 saturated carbocycles. The van der Waals surface area contributed by atoms with Crippen molar-refractivity contribution in [3.05, 3.63) is 67.3 Å². The Kier molecular flexibility index (Phi) is 11.2. The summed E-state index contributed by atoms with van der Waals surface area (Å²) >= 11 is 0. The first kappa shape index (κ1) is 42.9. The number of rotatable bonds is 14. The number of aromatic nitrogens is 1. The molecule has 5 atom stereocenters. The summed E-state index contributed by atoms with van der Waals surface area (Å²) in [5, 5.41) is 6.30. The van der Waals surface area contributed by atoms with E-state index in [0.29, 0.717) is 53.3 Å². The molecular formula is C45H57N5O9S. The van der Waals surface area contributed by atoms with Crippen LogP contribution in [0.2, 0.25) is 0 Å². The zero-order valence-electron chi connectivity index (χ0n) is 35.5. The highest BCUT2D eigenvalue weighted by atomic mass is 32.2. The van der Waals surface area contributed by atoms with Crippen molar-refractivity contribution in [1.29, 1.82) is 0 Å². The molecule has 0 bridgehead atoms. The van der Waals surface area contributed by atoms with Gasteiger partial charge in [-0.25, -0.2) is 18.2 Å². The third kappa shape index (κ3) is 8.96. The van der Waals surface area contributed by atoms with Gasteiger partial charge in [0, 0.05) is 35.4 Å². The van der Waals surface area contributed by atoms with Crippen LogP contribution in [0.15, 0.2) is 67.3 Å². The van der Waals surface area contributed by atoms with Gasteiger partial charge in [0.25, 0.3) is 5.91 Å². The molecule has 0 unspecified atom stereocenters. The molecule has 3 N–H and O–H groups in total. The van der Waals surface area contributed by atoms with E-state index < -0.39 is 79.2 Å². The third-order valence-electron chi connectivity index (χ3n) is 12.0. The molecule has 7 rings (SSSR count). The second kappa shape index (κ2) is 15.7. The Morgan fingerprint density at radius 1 is 1.02 bits per heavy atom. The van der Waals surface area contributed by atoms with Crippen LogP contribution >= 0.6 is 0 Å². The molecule has 4 amide bonds. The Balaban J connectivity index is 1.20. The minimum Gasteiger partial charge on any atom is -0.497 e. The Morgan fingerprint density at radius 2 is 1.72 bits per heavy atom. The molecule has 15 heteroatoms. The van der Waals surface area contributed by atoms with Gasteiger partial charge in [-0.2, -0.15) is 0 Å². The lowest BCUT2D eigenvalue weighted by atomic mass is 9.85. The molecule has 2 aromatic carbocycles. The number of likely N-dealkylation sites (tertiary alicyclic amines) is 1. The molecule has 0 spiro atoms. The highest BCUT2D eigenvalue weighted by Crippen LogP contribution is 2.53. The second-order valence-corrected chi connectivity index (χ2v) is 21.0. The Labute approximate surface area is 352 Å². The first-order valence-electron chi connectivity index (χ1n) is 20.7. The van der Waals surface area contributed by atoms with E-state index in [1.807, 2.05) is 42.5 Å². The lowest BCUT2D eigenvalue weighted by Crippen LogP contribution is -2.60. The molecule has 14 nitrogen and oxygen atoms in total. The van der Waals surface area contributed by atoms with E-state index in [4.69, 9.17) is 19.2 Å². The first-order chi connectivity index (χ1) is 28.2. The summed E-state index contributed by atoms with van der Waals surface area (Å²) in [5.41, 5.74) is -1.17. The summed E-state index contributed by atoms with van der Waals surface area (Å²) < 4.78 is 46.4. The van der Waals surface area contributed by atoms with E-state index in [9.17, 15) is 27.6 Å². The predicted molar refractivity (Wildman–Crippen MR) is 226 cm³/mol. The molecule has 1 aliphatic heterocycles. The topological polar surface area (TPSA) is 182 Å². The van der Waals surface area contributed by atoms with E-state index in [0.717, 1.165) is 18.4 Å². The van der Waals surface area contributed by atoms with E-state index in [-0.39, 0.29) is 19.4 Å². The van der Waals surface area contributed by atoms with Gasteiger partial charge in [-0.05, 0) is 69.9 Å². The second-order valence-electron chi connectivity index (χ2n) is 19.0. The first-order valence-corrected chi connectivity index (χ1v) is 22.2. The van der Waals surface area contributed by atoms with Crippen LogP contribution in [0.1, 0.15) is 86.5 Å². The molecule has 2 heterocycles. The van der Waals surface area contributed by atoms with Crippen molar-refractivity contribution in [2.75, 3.05) is 13.7 Å². The average Bonchev–Trinajstić information content (AvgIpc) is 4.13. The number of pyridine rings is 1. The van der Waals surface area contributed by atoms with Gasteiger partial charge in [-0.3, -0.25) is 19.1 Å². The van der Waals surface area contributed by atoms with Crippen LogP contribution in [0, 0.1) is 17.3 Å². The van der Waals surface area contributed by atoms with E-state index in [2.05, 4.69) is 21.9 Å². The van der Waals surface area contributed by atoms with E-state index >= 15 is 0 Å². The van der Waals surface area contributed by atoms with Crippen molar-refractivity contribution >= 4 is 44.7 Å². The smallest absolute Gasteiger partial charge is 0.408 e. The van der Waals surface area contributed by atoms with Gasteiger partial charge in [0.05, 0.1) is 29.6 Å². The lowest BCUT2D eigenvalue weighted by molar-refractivity contribution is -0.143. The minimum atomic E-state index is -4.03. The average molecular weight is 844 g/mol. The highest BCUT2D eigenvalue weighted by Gasteiger charge is 2.64. The van der Waals surface area contributed by atoms with E-state index in [1.165, 1.54) is 11.0 Å². The molecule has 3 aliphatic carbocycles. The fourth-order valence-electron chi connectivity index (χ4n) is 8.18. The van der Waals surface area contributed by atoms with Crippen LogP contribution in [-0.4, -0.2) is 89.8 Å². The highest BCUT2D eigenvalue weighted by molar-refractivity contribution is 7.91. The monoisotopic (exact) mass is 843 g/mol. The molecule has 3 aromatic rings. The number of carbonyl (C=O) groups is 4. The lowest BCUT2D eigenvalue weighted by Gasteiger charge is -2.36. The maximum absolute atomic E-state index is 14.8. The number of fused-ring (bicyclic) bond motifs is 1. The summed E-state index contributed by atoms with van der Waals surface area (Å²) in [5.74, 6) is -1.17. The molecule has 1 aromatic heterocycles. The van der Waals surface area contributed by atoms with E-state index in [1.54, 1.807) is 60.8 Å². The van der Waals surface area contributed by atoms with Crippen LogP contribution < -0.4 is 24.8 Å². The number of ether oxygens (including phenoxy) is 3. The van der Waals surface area contributed by atoms with Crippen LogP contribution in [-0.2, 0) is 29.1 Å². The summed E-state index contributed by atoms with van der Waals surface area (Å²) in [6, 6.07) is 14.5. The molecule has 322 valence electrons. The van der Waals surface area contributed by atoms with Gasteiger partial charge in [0.1, 0.15) is 40.8 Å². The normalized spacial score (nSPS) is 23.9. The van der Waals surface area contributed by atoms with Crippen molar-refractivity contribution in [3.63, 3.8) is 0 Å². The van der Waals surface area contributed by atoms with Crippen LogP contribution in [0.3, 0.4) is 0 Å². The maximum atomic E-state index is 14.8. The zero-order valence-corrected chi connectivity index (χ0v) is 36.3. The largest absolute Gasteiger partial charge is 0.497 e. The number of hydrogen-bond acceptors (Lipinski definition) is 10. The number of sulfonamides is 1. The number of methoxy groups -OCH3 is 1. The summed E-state index contributed by atoms with van der Waals surface area (Å²) in [4.78, 5) is 62.9. The fourth-order valence-corrected chi connectivity index (χ4v) is 9.92. The molecule has 1 saturated heterocycles. The quantitative estimate of drug-likeness (QED) is 0.162. The van der Waals surface area contributed by atoms with Crippen LogP contribution in [0.4, 0.5) is 4.79 Å². The van der Waals surface area contributed by atoms with Crippen molar-refractivity contribution in [2.45, 2.75) is 121 Å². The SMILES string of the molecule is C=C[C@H]1C[C@@]1(NC(=O)[C@@H]1C[C@@H](Oc2cc(-c3ccccc3)nc3cc(OC)ccc23)CN1C(=O)[C@@H](NC(=O)OC(C)(C)C)C(C)(C)C)C(=O)NS(=O)(=O)C1(CC2CC2)CC1. The number of nitrogens with one attached hydrogen (secondary N) is 3. The van der Waals surface area contributed by atoms with Crippen molar-refractivity contribution < 1.29 is 41.8 Å². The van der Waals surface area contributed by atoms with Crippen LogP contribution in [0.5, 0.6) is 11.5 Å². The number of amides is 4. The summed E-state index contributed by atoms with van der Waals surface area (Å²) in [6.45, 7) is 14.3. The molecule has 4 aliphatic rings. The van der Waals surface area contributed by atoms with Gasteiger partial charge in [0.15, 0.2) is 0 Å². The minimum absolute atomic E-state index is 0.0147.